The third kappa shape index (κ3) is 5.19. The number of carbonyl (C=O) groups is 2. The smallest absolute Gasteiger partial charge is 0.310 e. The largest absolute Gasteiger partial charge is 0.455 e. The normalized spacial score (nSPS) is 10.5. The van der Waals surface area contributed by atoms with Gasteiger partial charge in [-0.05, 0) is 24.3 Å². The maximum atomic E-state index is 13.6. The number of thiophene rings is 1. The van der Waals surface area contributed by atoms with Gasteiger partial charge in [0.15, 0.2) is 6.61 Å². The molecule has 0 bridgehead atoms. The summed E-state index contributed by atoms with van der Waals surface area (Å²) in [6.45, 7) is -0.0482. The molecule has 0 atom stereocenters. The van der Waals surface area contributed by atoms with Gasteiger partial charge in [0.1, 0.15) is 5.82 Å². The number of hydrogen-bond donors (Lipinski definition) is 0. The Morgan fingerprint density at radius 2 is 2.00 bits per heavy atom. The van der Waals surface area contributed by atoms with Crippen molar-refractivity contribution in [2.24, 2.45) is 0 Å². The number of hydrogen-bond acceptors (Lipinski definition) is 4. The highest BCUT2D eigenvalue weighted by atomic mass is 35.5. The number of esters is 1. The van der Waals surface area contributed by atoms with Gasteiger partial charge in [0, 0.05) is 22.5 Å². The van der Waals surface area contributed by atoms with Crippen LogP contribution in [0.3, 0.4) is 0 Å². The van der Waals surface area contributed by atoms with Crippen LogP contribution in [0.2, 0.25) is 9.36 Å². The maximum Gasteiger partial charge on any atom is 0.310 e. The number of benzene rings is 1. The van der Waals surface area contributed by atoms with Crippen molar-refractivity contribution in [1.29, 1.82) is 0 Å². The van der Waals surface area contributed by atoms with Crippen molar-refractivity contribution < 1.29 is 18.7 Å². The van der Waals surface area contributed by atoms with Gasteiger partial charge in [-0.3, -0.25) is 9.59 Å². The molecule has 0 N–H and O–H groups in total. The summed E-state index contributed by atoms with van der Waals surface area (Å²) >= 11 is 13.0. The molecule has 0 saturated carbocycles. The molecule has 2 aromatic rings. The predicted molar refractivity (Wildman–Crippen MR) is 91.9 cm³/mol. The topological polar surface area (TPSA) is 46.6 Å². The highest BCUT2D eigenvalue weighted by Gasteiger charge is 2.16. The van der Waals surface area contributed by atoms with Crippen molar-refractivity contribution in [3.8, 4) is 0 Å². The molecule has 0 aliphatic heterocycles. The third-order valence-corrected chi connectivity index (χ3v) is 4.76. The zero-order valence-corrected chi connectivity index (χ0v) is 15.1. The molecule has 0 unspecified atom stereocenters. The lowest BCUT2D eigenvalue weighted by Gasteiger charge is -2.16. The molecule has 0 radical (unpaired) electrons. The van der Waals surface area contributed by atoms with E-state index in [2.05, 4.69) is 0 Å². The van der Waals surface area contributed by atoms with Crippen LogP contribution in [0.25, 0.3) is 0 Å². The van der Waals surface area contributed by atoms with E-state index in [0.29, 0.717) is 10.9 Å². The first-order valence-electron chi connectivity index (χ1n) is 6.93. The number of likely N-dealkylation sites (N-methyl/N-ethyl adjacent to an activating group) is 1. The summed E-state index contributed by atoms with van der Waals surface area (Å²) in [4.78, 5) is 26.1. The number of rotatable bonds is 6. The van der Waals surface area contributed by atoms with Gasteiger partial charge in [0.05, 0.1) is 17.3 Å². The number of carbonyl (C=O) groups excluding carboxylic acids is 2. The van der Waals surface area contributed by atoms with Crippen molar-refractivity contribution in [2.45, 2.75) is 13.0 Å². The minimum Gasteiger partial charge on any atom is -0.455 e. The second kappa shape index (κ2) is 8.46. The molecule has 1 amide bonds. The highest BCUT2D eigenvalue weighted by Crippen LogP contribution is 2.22. The Bertz CT molecular complexity index is 730. The van der Waals surface area contributed by atoms with Crippen LogP contribution in [0.5, 0.6) is 0 Å². The number of amides is 1. The molecule has 0 spiro atoms. The Morgan fingerprint density at radius 3 is 2.62 bits per heavy atom. The number of halogens is 3. The van der Waals surface area contributed by atoms with Crippen LogP contribution >= 0.6 is 34.5 Å². The minimum atomic E-state index is -0.720. The van der Waals surface area contributed by atoms with Crippen LogP contribution in [0.15, 0.2) is 30.3 Å². The van der Waals surface area contributed by atoms with Crippen LogP contribution in [0.1, 0.15) is 10.4 Å². The molecule has 24 heavy (non-hydrogen) atoms. The summed E-state index contributed by atoms with van der Waals surface area (Å²) in [5, 5.41) is 0.143. The molecule has 4 nitrogen and oxygen atoms in total. The van der Waals surface area contributed by atoms with Gasteiger partial charge in [-0.25, -0.2) is 4.39 Å². The lowest BCUT2D eigenvalue weighted by molar-refractivity contribution is -0.151. The average Bonchev–Trinajstić information content (AvgIpc) is 2.93. The summed E-state index contributed by atoms with van der Waals surface area (Å²) in [5.74, 6) is -1.67. The second-order valence-corrected chi connectivity index (χ2v) is 7.20. The van der Waals surface area contributed by atoms with Crippen LogP contribution in [0, 0.1) is 5.82 Å². The lowest BCUT2D eigenvalue weighted by atomic mass is 10.1. The highest BCUT2D eigenvalue weighted by molar-refractivity contribution is 7.16. The lowest BCUT2D eigenvalue weighted by Crippen LogP contribution is -2.30. The van der Waals surface area contributed by atoms with Crippen molar-refractivity contribution in [1.82, 2.24) is 4.90 Å². The zero-order valence-electron chi connectivity index (χ0n) is 12.7. The standard InChI is InChI=1S/C16H14Cl2FNO3S/c1-20(8-10-5-6-14(18)24-10)15(21)9-23-16(22)7-11-12(17)3-2-4-13(11)19/h2-6H,7-9H2,1H3. The Balaban J connectivity index is 1.83. The molecule has 8 heteroatoms. The van der Waals surface area contributed by atoms with E-state index in [4.69, 9.17) is 27.9 Å². The Kier molecular flexibility index (Phi) is 6.60. The van der Waals surface area contributed by atoms with Crippen molar-refractivity contribution >= 4 is 46.4 Å². The quantitative estimate of drug-likeness (QED) is 0.702. The van der Waals surface area contributed by atoms with Gasteiger partial charge >= 0.3 is 5.97 Å². The van der Waals surface area contributed by atoms with Gasteiger partial charge in [0.2, 0.25) is 0 Å². The fourth-order valence-electron chi connectivity index (χ4n) is 1.91. The van der Waals surface area contributed by atoms with Crippen molar-refractivity contribution in [3.63, 3.8) is 0 Å². The molecule has 1 aromatic carbocycles. The summed E-state index contributed by atoms with van der Waals surface area (Å²) in [6, 6.07) is 7.71. The van der Waals surface area contributed by atoms with Gasteiger partial charge in [-0.1, -0.05) is 29.3 Å². The summed E-state index contributed by atoms with van der Waals surface area (Å²) in [5.41, 5.74) is 0.0539. The maximum absolute atomic E-state index is 13.6. The summed E-state index contributed by atoms with van der Waals surface area (Å²) in [6.07, 6.45) is -0.330. The van der Waals surface area contributed by atoms with E-state index in [1.807, 2.05) is 6.07 Å². The zero-order chi connectivity index (χ0) is 17.7. The van der Waals surface area contributed by atoms with Gasteiger partial charge in [-0.2, -0.15) is 0 Å². The first-order valence-corrected chi connectivity index (χ1v) is 8.50. The Morgan fingerprint density at radius 1 is 1.25 bits per heavy atom. The monoisotopic (exact) mass is 389 g/mol. The van der Waals surface area contributed by atoms with E-state index in [1.165, 1.54) is 34.4 Å². The van der Waals surface area contributed by atoms with Gasteiger partial charge < -0.3 is 9.64 Å². The van der Waals surface area contributed by atoms with Crippen LogP contribution < -0.4 is 0 Å². The fourth-order valence-corrected chi connectivity index (χ4v) is 3.28. The van der Waals surface area contributed by atoms with Crippen molar-refractivity contribution in [2.75, 3.05) is 13.7 Å². The second-order valence-electron chi connectivity index (χ2n) is 4.99. The molecule has 0 aliphatic carbocycles. The summed E-state index contributed by atoms with van der Waals surface area (Å²) in [7, 11) is 1.59. The summed E-state index contributed by atoms with van der Waals surface area (Å²) < 4.78 is 19.1. The Labute approximate surface area is 152 Å². The number of nitrogens with zero attached hydrogens (tertiary/aromatic N) is 1. The first kappa shape index (κ1) is 18.7. The predicted octanol–water partition coefficient (Wildman–Crippen LogP) is 3.94. The molecule has 128 valence electrons. The molecule has 1 heterocycles. The average molecular weight is 390 g/mol. The van der Waals surface area contributed by atoms with Crippen LogP contribution in [-0.4, -0.2) is 30.4 Å². The molecule has 0 aliphatic rings. The van der Waals surface area contributed by atoms with Crippen molar-refractivity contribution in [3.05, 3.63) is 55.9 Å². The van der Waals surface area contributed by atoms with Gasteiger partial charge in [-0.15, -0.1) is 11.3 Å². The number of ether oxygens (including phenoxy) is 1. The van der Waals surface area contributed by atoms with E-state index in [1.54, 1.807) is 13.1 Å². The third-order valence-electron chi connectivity index (χ3n) is 3.19. The van der Waals surface area contributed by atoms with E-state index in [-0.39, 0.29) is 22.9 Å². The fraction of sp³-hybridized carbons (Fsp3) is 0.250. The SMILES string of the molecule is CN(Cc1ccc(Cl)s1)C(=O)COC(=O)Cc1c(F)cccc1Cl. The van der Waals surface area contributed by atoms with Gasteiger partial charge in [0.25, 0.3) is 5.91 Å². The van der Waals surface area contributed by atoms with E-state index >= 15 is 0 Å². The molecular formula is C16H14Cl2FNO3S. The minimum absolute atomic E-state index is 0.0539. The van der Waals surface area contributed by atoms with Crippen LogP contribution in [-0.2, 0) is 27.3 Å². The van der Waals surface area contributed by atoms with Crippen LogP contribution in [0.4, 0.5) is 4.39 Å². The van der Waals surface area contributed by atoms with E-state index < -0.39 is 18.4 Å². The molecular weight excluding hydrogens is 376 g/mol. The Hall–Kier alpha value is -1.63. The molecule has 0 fully saturated rings. The first-order chi connectivity index (χ1) is 11.4. The molecule has 0 saturated heterocycles. The molecule has 1 aromatic heterocycles. The van der Waals surface area contributed by atoms with E-state index in [0.717, 1.165) is 4.88 Å². The van der Waals surface area contributed by atoms with E-state index in [9.17, 15) is 14.0 Å². The molecule has 2 rings (SSSR count).